The first-order chi connectivity index (χ1) is 13.4. The van der Waals surface area contributed by atoms with Gasteiger partial charge in [0.2, 0.25) is 5.91 Å². The maximum Gasteiger partial charge on any atom is 0.289 e. The number of nitrogens with zero attached hydrogens (tertiary/aromatic N) is 1. The van der Waals surface area contributed by atoms with Crippen molar-refractivity contribution >= 4 is 23.6 Å². The van der Waals surface area contributed by atoms with E-state index in [1.807, 2.05) is 6.26 Å². The number of fused-ring (bicyclic) bond motifs is 1. The van der Waals surface area contributed by atoms with Crippen molar-refractivity contribution in [2.45, 2.75) is 38.3 Å². The highest BCUT2D eigenvalue weighted by Gasteiger charge is 2.44. The van der Waals surface area contributed by atoms with Crippen LogP contribution in [0.2, 0.25) is 0 Å². The normalized spacial score (nSPS) is 26.8. The minimum Gasteiger partial charge on any atom is -0.456 e. The van der Waals surface area contributed by atoms with Gasteiger partial charge < -0.3 is 19.4 Å². The summed E-state index contributed by atoms with van der Waals surface area (Å²) >= 11 is 1.65. The number of ether oxygens (including phenoxy) is 1. The molecule has 0 unspecified atom stereocenters. The molecule has 1 aromatic heterocycles. The third-order valence-electron chi connectivity index (χ3n) is 5.69. The van der Waals surface area contributed by atoms with Crippen molar-refractivity contribution in [3.8, 4) is 0 Å². The summed E-state index contributed by atoms with van der Waals surface area (Å²) in [6.07, 6.45) is 4.02. The first-order valence-electron chi connectivity index (χ1n) is 9.63. The molecule has 3 rings (SSSR count). The zero-order valence-corrected chi connectivity index (χ0v) is 17.4. The van der Waals surface area contributed by atoms with Crippen LogP contribution in [0.5, 0.6) is 0 Å². The van der Waals surface area contributed by atoms with E-state index < -0.39 is 0 Å². The van der Waals surface area contributed by atoms with E-state index in [0.29, 0.717) is 37.1 Å². The lowest BCUT2D eigenvalue weighted by molar-refractivity contribution is -0.123. The van der Waals surface area contributed by atoms with Crippen molar-refractivity contribution in [1.82, 2.24) is 10.2 Å². The fourth-order valence-corrected chi connectivity index (χ4v) is 4.72. The van der Waals surface area contributed by atoms with E-state index in [-0.39, 0.29) is 35.1 Å². The summed E-state index contributed by atoms with van der Waals surface area (Å²) in [5.41, 5.74) is -0.226. The monoisotopic (exact) mass is 408 g/mol. The Morgan fingerprint density at radius 1 is 1.29 bits per heavy atom. The Labute approximate surface area is 169 Å². The number of amides is 2. The number of likely N-dealkylation sites (tertiary alicyclic amines) is 1. The van der Waals surface area contributed by atoms with Crippen molar-refractivity contribution < 1.29 is 18.7 Å². The van der Waals surface area contributed by atoms with Gasteiger partial charge in [-0.05, 0) is 37.9 Å². The molecular formula is C20H28N2O5S. The van der Waals surface area contributed by atoms with E-state index in [9.17, 15) is 14.4 Å². The summed E-state index contributed by atoms with van der Waals surface area (Å²) in [6, 6.07) is 2.59. The molecule has 2 amide bonds. The molecule has 1 saturated carbocycles. The molecule has 4 atom stereocenters. The van der Waals surface area contributed by atoms with Crippen molar-refractivity contribution in [3.63, 3.8) is 0 Å². The van der Waals surface area contributed by atoms with Crippen LogP contribution in [-0.4, -0.2) is 61.1 Å². The molecule has 0 aromatic carbocycles. The van der Waals surface area contributed by atoms with Gasteiger partial charge in [-0.25, -0.2) is 0 Å². The summed E-state index contributed by atoms with van der Waals surface area (Å²) < 4.78 is 11.1. The third-order valence-corrected chi connectivity index (χ3v) is 6.30. The number of carbonyl (C=O) groups excluding carboxylic acids is 2. The average Bonchev–Trinajstić information content (AvgIpc) is 3.07. The number of hydrogen-bond acceptors (Lipinski definition) is 6. The van der Waals surface area contributed by atoms with E-state index in [4.69, 9.17) is 9.15 Å². The van der Waals surface area contributed by atoms with Crippen molar-refractivity contribution in [2.75, 3.05) is 32.2 Å². The van der Waals surface area contributed by atoms with E-state index in [1.54, 1.807) is 30.7 Å². The van der Waals surface area contributed by atoms with Gasteiger partial charge in [-0.15, -0.1) is 0 Å². The van der Waals surface area contributed by atoms with Gasteiger partial charge >= 0.3 is 0 Å². The molecule has 1 aliphatic heterocycles. The zero-order valence-electron chi connectivity index (χ0n) is 16.6. The number of aryl methyl sites for hydroxylation is 1. The molecule has 2 heterocycles. The van der Waals surface area contributed by atoms with Crippen LogP contribution in [0.15, 0.2) is 21.3 Å². The lowest BCUT2D eigenvalue weighted by Crippen LogP contribution is -2.50. The summed E-state index contributed by atoms with van der Waals surface area (Å²) in [7, 11) is 1.67. The second-order valence-electron chi connectivity index (χ2n) is 7.66. The van der Waals surface area contributed by atoms with Crippen LogP contribution in [0.1, 0.15) is 35.6 Å². The Bertz CT molecular complexity index is 780. The quantitative estimate of drug-likeness (QED) is 0.771. The second kappa shape index (κ2) is 9.13. The van der Waals surface area contributed by atoms with Crippen LogP contribution < -0.4 is 10.7 Å². The van der Waals surface area contributed by atoms with Gasteiger partial charge in [0.15, 0.2) is 11.2 Å². The number of nitrogens with one attached hydrogen (secondary N) is 1. The topological polar surface area (TPSA) is 88.8 Å². The minimum absolute atomic E-state index is 0.0347. The molecule has 1 saturated heterocycles. The van der Waals surface area contributed by atoms with Gasteiger partial charge in [0.25, 0.3) is 5.91 Å². The fourth-order valence-electron chi connectivity index (χ4n) is 4.33. The highest BCUT2D eigenvalue weighted by atomic mass is 32.2. The maximum absolute atomic E-state index is 12.8. The minimum atomic E-state index is -0.246. The summed E-state index contributed by atoms with van der Waals surface area (Å²) in [5.74, 6) is 1.75. The van der Waals surface area contributed by atoms with Crippen LogP contribution in [-0.2, 0) is 9.53 Å². The Kier molecular flexibility index (Phi) is 6.82. The largest absolute Gasteiger partial charge is 0.456 e. The standard InChI is InChI=1S/C20H28N2O5S/c1-12-6-15(23)9-18(27-12)20(25)22-10-13-7-16(21-19(24)4-5-28-3)17(26-2)8-14(13)11-22/h6,9,13-14,16-17H,4-5,7-8,10-11H2,1-3H3,(H,21,24)/t13-,14+,16-,17-/m0/s1. The van der Waals surface area contributed by atoms with Crippen molar-refractivity contribution in [1.29, 1.82) is 0 Å². The molecule has 0 bridgehead atoms. The molecule has 1 aromatic rings. The molecule has 7 nitrogen and oxygen atoms in total. The number of methoxy groups -OCH3 is 1. The first kappa shape index (κ1) is 20.9. The van der Waals surface area contributed by atoms with Gasteiger partial charge in [0.05, 0.1) is 12.1 Å². The Balaban J connectivity index is 1.66. The zero-order chi connectivity index (χ0) is 20.3. The van der Waals surface area contributed by atoms with Crippen LogP contribution in [0.4, 0.5) is 0 Å². The Morgan fingerprint density at radius 2 is 2.00 bits per heavy atom. The molecule has 1 aliphatic carbocycles. The van der Waals surface area contributed by atoms with E-state index >= 15 is 0 Å². The molecule has 1 N–H and O–H groups in total. The SMILES string of the molecule is CO[C@H]1C[C@@H]2CN(C(=O)c3cc(=O)cc(C)o3)C[C@@H]2C[C@@H]1NC(=O)CCSC. The Hall–Kier alpha value is -1.80. The van der Waals surface area contributed by atoms with E-state index in [0.717, 1.165) is 18.6 Å². The summed E-state index contributed by atoms with van der Waals surface area (Å²) in [4.78, 5) is 38.4. The second-order valence-corrected chi connectivity index (χ2v) is 8.65. The predicted octanol–water partition coefficient (Wildman–Crippen LogP) is 1.68. The molecule has 0 spiro atoms. The summed E-state index contributed by atoms with van der Waals surface area (Å²) in [5, 5.41) is 3.12. The number of rotatable bonds is 6. The first-order valence-corrected chi connectivity index (χ1v) is 11.0. The smallest absolute Gasteiger partial charge is 0.289 e. The highest BCUT2D eigenvalue weighted by Crippen LogP contribution is 2.38. The van der Waals surface area contributed by atoms with Crippen LogP contribution in [0, 0.1) is 18.8 Å². The van der Waals surface area contributed by atoms with E-state index in [2.05, 4.69) is 5.32 Å². The van der Waals surface area contributed by atoms with Gasteiger partial charge in [0.1, 0.15) is 5.76 Å². The lowest BCUT2D eigenvalue weighted by atomic mass is 9.77. The van der Waals surface area contributed by atoms with Crippen LogP contribution in [0.25, 0.3) is 0 Å². The molecule has 28 heavy (non-hydrogen) atoms. The lowest BCUT2D eigenvalue weighted by Gasteiger charge is -2.37. The van der Waals surface area contributed by atoms with Crippen molar-refractivity contribution in [2.24, 2.45) is 11.8 Å². The average molecular weight is 409 g/mol. The van der Waals surface area contributed by atoms with Crippen LogP contribution >= 0.6 is 11.8 Å². The molecule has 2 aliphatic rings. The summed E-state index contributed by atoms with van der Waals surface area (Å²) in [6.45, 7) is 2.89. The number of hydrogen-bond donors (Lipinski definition) is 1. The van der Waals surface area contributed by atoms with E-state index in [1.165, 1.54) is 12.1 Å². The van der Waals surface area contributed by atoms with Crippen LogP contribution in [0.3, 0.4) is 0 Å². The van der Waals surface area contributed by atoms with Gasteiger partial charge in [-0.2, -0.15) is 11.8 Å². The van der Waals surface area contributed by atoms with Crippen molar-refractivity contribution in [3.05, 3.63) is 33.9 Å². The van der Waals surface area contributed by atoms with Gasteiger partial charge in [-0.3, -0.25) is 14.4 Å². The predicted molar refractivity (Wildman–Crippen MR) is 108 cm³/mol. The molecular weight excluding hydrogens is 380 g/mol. The number of thioether (sulfide) groups is 1. The molecule has 0 radical (unpaired) electrons. The molecule has 154 valence electrons. The molecule has 2 fully saturated rings. The van der Waals surface area contributed by atoms with Gasteiger partial charge in [-0.1, -0.05) is 0 Å². The number of carbonyl (C=O) groups is 2. The maximum atomic E-state index is 12.8. The third kappa shape index (κ3) is 4.78. The Morgan fingerprint density at radius 3 is 2.64 bits per heavy atom. The molecule has 8 heteroatoms. The fraction of sp³-hybridized carbons (Fsp3) is 0.650. The highest BCUT2D eigenvalue weighted by molar-refractivity contribution is 7.98. The van der Waals surface area contributed by atoms with Gasteiger partial charge in [0, 0.05) is 44.5 Å².